The van der Waals surface area contributed by atoms with Crippen LogP contribution in [0.4, 0.5) is 5.69 Å². The van der Waals surface area contributed by atoms with Crippen LogP contribution in [0.25, 0.3) is 0 Å². The molecule has 2 aliphatic rings. The van der Waals surface area contributed by atoms with Crippen LogP contribution in [0.5, 0.6) is 11.5 Å². The first kappa shape index (κ1) is 23.3. The highest BCUT2D eigenvalue weighted by molar-refractivity contribution is 6.30. The molecule has 1 fully saturated rings. The van der Waals surface area contributed by atoms with Crippen molar-refractivity contribution in [2.24, 2.45) is 0 Å². The van der Waals surface area contributed by atoms with Crippen molar-refractivity contribution in [3.8, 4) is 17.6 Å². The van der Waals surface area contributed by atoms with Crippen LogP contribution in [0.15, 0.2) is 79.3 Å². The molecule has 2 aliphatic heterocycles. The first-order chi connectivity index (χ1) is 18.1. The highest BCUT2D eigenvalue weighted by atomic mass is 35.5. The lowest BCUT2D eigenvalue weighted by Crippen LogP contribution is -2.57. The maximum atomic E-state index is 14.0. The monoisotopic (exact) mass is 509 g/mol. The molecule has 0 N–H and O–H groups in total. The fraction of sp³-hybridized carbons (Fsp3) is 0.207. The number of aromatic nitrogens is 2. The summed E-state index contributed by atoms with van der Waals surface area (Å²) in [6.45, 7) is 2.43. The molecule has 2 bridgehead atoms. The second-order valence-corrected chi connectivity index (χ2v) is 9.76. The van der Waals surface area contributed by atoms with Crippen molar-refractivity contribution in [3.63, 3.8) is 0 Å². The maximum absolute atomic E-state index is 14.0. The number of carbonyl (C=O) groups is 1. The zero-order chi connectivity index (χ0) is 25.4. The van der Waals surface area contributed by atoms with Crippen molar-refractivity contribution in [2.45, 2.75) is 25.6 Å². The molecular weight excluding hydrogens is 486 g/mol. The number of para-hydroxylation sites is 1. The number of rotatable bonds is 1. The molecule has 1 saturated heterocycles. The third-order valence-corrected chi connectivity index (χ3v) is 7.25. The number of nitriles is 1. The summed E-state index contributed by atoms with van der Waals surface area (Å²) in [7, 11) is 0. The van der Waals surface area contributed by atoms with Gasteiger partial charge in [-0.15, -0.1) is 0 Å². The minimum absolute atomic E-state index is 0.0162. The number of piperazine rings is 1. The van der Waals surface area contributed by atoms with Gasteiger partial charge in [-0.05, 0) is 47.5 Å². The number of carbonyl (C=O) groups excluding carboxylic acids is 1. The van der Waals surface area contributed by atoms with E-state index >= 15 is 0 Å². The topological polar surface area (TPSA) is 74.4 Å². The van der Waals surface area contributed by atoms with Crippen LogP contribution in [-0.4, -0.2) is 39.5 Å². The van der Waals surface area contributed by atoms with Gasteiger partial charge in [0.15, 0.2) is 0 Å². The number of nitrogens with zero attached hydrogens (tertiary/aromatic N) is 5. The summed E-state index contributed by atoms with van der Waals surface area (Å²) in [5, 5.41) is 10.3. The second-order valence-electron chi connectivity index (χ2n) is 9.33. The Bertz CT molecular complexity index is 1520. The summed E-state index contributed by atoms with van der Waals surface area (Å²) < 4.78 is 8.42. The first-order valence-corrected chi connectivity index (χ1v) is 12.6. The summed E-state index contributed by atoms with van der Waals surface area (Å²) in [5.74, 6) is 1.16. The second kappa shape index (κ2) is 9.74. The van der Waals surface area contributed by atoms with E-state index in [1.165, 1.54) is 0 Å². The zero-order valence-corrected chi connectivity index (χ0v) is 20.8. The van der Waals surface area contributed by atoms with E-state index in [-0.39, 0.29) is 5.91 Å². The fourth-order valence-electron chi connectivity index (χ4n) is 5.10. The van der Waals surface area contributed by atoms with Crippen molar-refractivity contribution in [2.75, 3.05) is 18.0 Å². The van der Waals surface area contributed by atoms with E-state index in [1.54, 1.807) is 6.07 Å². The van der Waals surface area contributed by atoms with Gasteiger partial charge >= 0.3 is 0 Å². The minimum Gasteiger partial charge on any atom is -0.456 e. The number of hydrogen-bond acceptors (Lipinski definition) is 5. The normalized spacial score (nSPS) is 17.7. The lowest BCUT2D eigenvalue weighted by molar-refractivity contribution is -0.126. The van der Waals surface area contributed by atoms with Crippen molar-refractivity contribution in [1.82, 2.24) is 14.5 Å². The van der Waals surface area contributed by atoms with Crippen LogP contribution >= 0.6 is 11.6 Å². The SMILES string of the molecule is N#Cc1ccc2cc1Oc1ccccc1CC1C(=O)N(c3cccc(Cl)c3)CCN1Cc1cncn1C2. The largest absolute Gasteiger partial charge is 0.456 e. The summed E-state index contributed by atoms with van der Waals surface area (Å²) in [4.78, 5) is 22.4. The van der Waals surface area contributed by atoms with Gasteiger partial charge < -0.3 is 14.2 Å². The predicted octanol–water partition coefficient (Wildman–Crippen LogP) is 5.02. The molecule has 1 aromatic heterocycles. The molecule has 1 atom stereocenters. The van der Waals surface area contributed by atoms with Gasteiger partial charge in [0, 0.05) is 49.5 Å². The molecule has 4 aromatic rings. The van der Waals surface area contributed by atoms with Gasteiger partial charge in [0.05, 0.1) is 23.6 Å². The van der Waals surface area contributed by atoms with Crippen LogP contribution in [0.2, 0.25) is 5.02 Å². The Kier molecular flexibility index (Phi) is 6.13. The van der Waals surface area contributed by atoms with Gasteiger partial charge in [0.1, 0.15) is 17.6 Å². The van der Waals surface area contributed by atoms with Crippen LogP contribution in [0.3, 0.4) is 0 Å². The number of fused-ring (bicyclic) bond motifs is 5. The minimum atomic E-state index is -0.417. The van der Waals surface area contributed by atoms with Gasteiger partial charge in [-0.3, -0.25) is 9.69 Å². The van der Waals surface area contributed by atoms with E-state index < -0.39 is 6.04 Å². The smallest absolute Gasteiger partial charge is 0.244 e. The molecular formula is C29H24ClN5O2. The van der Waals surface area contributed by atoms with E-state index in [2.05, 4.69) is 20.5 Å². The molecule has 3 heterocycles. The maximum Gasteiger partial charge on any atom is 0.244 e. The van der Waals surface area contributed by atoms with Crippen molar-refractivity contribution >= 4 is 23.2 Å². The van der Waals surface area contributed by atoms with Crippen LogP contribution in [-0.2, 0) is 24.3 Å². The molecule has 0 saturated carbocycles. The molecule has 3 aromatic carbocycles. The van der Waals surface area contributed by atoms with Gasteiger partial charge in [0.2, 0.25) is 5.91 Å². The summed E-state index contributed by atoms with van der Waals surface area (Å²) >= 11 is 6.25. The molecule has 184 valence electrons. The Morgan fingerprint density at radius 1 is 1.00 bits per heavy atom. The number of imidazole rings is 1. The average molecular weight is 510 g/mol. The predicted molar refractivity (Wildman–Crippen MR) is 141 cm³/mol. The lowest BCUT2D eigenvalue weighted by atomic mass is 9.99. The van der Waals surface area contributed by atoms with Crippen molar-refractivity contribution in [1.29, 1.82) is 5.26 Å². The molecule has 37 heavy (non-hydrogen) atoms. The standard InChI is InChI=1S/C29H24ClN5O2/c30-23-5-3-6-24(14-23)35-11-10-33-18-25-16-32-19-34(25)17-20-8-9-22(15-31)28(12-20)37-27-7-2-1-4-21(27)13-26(33)29(35)36/h1-9,12,14,16,19,26H,10-11,13,17-18H2. The van der Waals surface area contributed by atoms with E-state index in [9.17, 15) is 10.1 Å². The van der Waals surface area contributed by atoms with Crippen LogP contribution < -0.4 is 9.64 Å². The number of hydrogen-bond donors (Lipinski definition) is 0. The van der Waals surface area contributed by atoms with E-state index in [1.807, 2.05) is 78.1 Å². The molecule has 1 unspecified atom stereocenters. The summed E-state index contributed by atoms with van der Waals surface area (Å²) in [5.41, 5.74) is 4.18. The first-order valence-electron chi connectivity index (χ1n) is 12.2. The lowest BCUT2D eigenvalue weighted by Gasteiger charge is -2.41. The Balaban J connectivity index is 1.44. The van der Waals surface area contributed by atoms with E-state index in [4.69, 9.17) is 16.3 Å². The Morgan fingerprint density at radius 2 is 1.89 bits per heavy atom. The zero-order valence-electron chi connectivity index (χ0n) is 20.0. The third kappa shape index (κ3) is 4.57. The molecule has 7 nitrogen and oxygen atoms in total. The Hall–Kier alpha value is -4.12. The van der Waals surface area contributed by atoms with Gasteiger partial charge in [-0.25, -0.2) is 4.98 Å². The van der Waals surface area contributed by atoms with Gasteiger partial charge in [-0.2, -0.15) is 5.26 Å². The quantitative estimate of drug-likeness (QED) is 0.360. The average Bonchev–Trinajstić information content (AvgIpc) is 3.33. The van der Waals surface area contributed by atoms with Crippen LogP contribution in [0.1, 0.15) is 22.4 Å². The van der Waals surface area contributed by atoms with Crippen molar-refractivity contribution in [3.05, 3.63) is 107 Å². The molecule has 6 rings (SSSR count). The summed E-state index contributed by atoms with van der Waals surface area (Å²) in [6.07, 6.45) is 4.13. The molecule has 0 spiro atoms. The Morgan fingerprint density at radius 3 is 2.76 bits per heavy atom. The van der Waals surface area contributed by atoms with E-state index in [0.717, 1.165) is 22.5 Å². The number of anilines is 1. The summed E-state index contributed by atoms with van der Waals surface area (Å²) in [6, 6.07) is 22.6. The van der Waals surface area contributed by atoms with E-state index in [0.29, 0.717) is 54.7 Å². The molecule has 0 radical (unpaired) electrons. The fourth-order valence-corrected chi connectivity index (χ4v) is 5.29. The number of benzene rings is 3. The highest BCUT2D eigenvalue weighted by Gasteiger charge is 2.36. The number of halogens is 1. The van der Waals surface area contributed by atoms with Crippen molar-refractivity contribution < 1.29 is 9.53 Å². The number of amides is 1. The molecule has 0 aliphatic carbocycles. The van der Waals surface area contributed by atoms with Gasteiger partial charge in [0.25, 0.3) is 0 Å². The Labute approximate surface area is 220 Å². The number of ether oxygens (including phenoxy) is 1. The highest BCUT2D eigenvalue weighted by Crippen LogP contribution is 2.33. The molecule has 8 heteroatoms. The molecule has 1 amide bonds. The van der Waals surface area contributed by atoms with Gasteiger partial charge in [-0.1, -0.05) is 41.9 Å². The van der Waals surface area contributed by atoms with Crippen LogP contribution in [0, 0.1) is 11.3 Å². The third-order valence-electron chi connectivity index (χ3n) is 7.01.